The molecule has 0 aliphatic carbocycles. The summed E-state index contributed by atoms with van der Waals surface area (Å²) in [4.78, 5) is 41.8. The number of aliphatic hydroxyl groups is 1. The van der Waals surface area contributed by atoms with Gasteiger partial charge in [0.15, 0.2) is 0 Å². The Morgan fingerprint density at radius 1 is 1.35 bits per heavy atom. The quantitative estimate of drug-likeness (QED) is 0.524. The van der Waals surface area contributed by atoms with Crippen LogP contribution < -0.4 is 5.32 Å². The molecule has 3 aliphatic heterocycles. The number of rotatable bonds is 8. The first kappa shape index (κ1) is 23.1. The summed E-state index contributed by atoms with van der Waals surface area (Å²) in [6.45, 7) is 4.35. The van der Waals surface area contributed by atoms with Crippen molar-refractivity contribution in [2.24, 2.45) is 17.8 Å². The van der Waals surface area contributed by atoms with Crippen molar-refractivity contribution in [2.45, 2.75) is 49.4 Å². The van der Waals surface area contributed by atoms with Crippen LogP contribution in [0.4, 0.5) is 0 Å². The lowest BCUT2D eigenvalue weighted by atomic mass is 9.66. The number of nitrogens with one attached hydrogen (secondary N) is 1. The summed E-state index contributed by atoms with van der Waals surface area (Å²) in [6, 6.07) is 6.74. The number of ether oxygens (including phenoxy) is 1. The molecule has 10 nitrogen and oxygen atoms in total. The second-order valence-electron chi connectivity index (χ2n) is 9.19. The molecule has 2 N–H and O–H groups in total. The van der Waals surface area contributed by atoms with Crippen molar-refractivity contribution in [3.8, 4) is 0 Å². The predicted molar refractivity (Wildman–Crippen MR) is 124 cm³/mol. The molecule has 1 spiro atoms. The summed E-state index contributed by atoms with van der Waals surface area (Å²) in [5.41, 5.74) is 1.53. The average Bonchev–Trinajstić information content (AvgIpc) is 3.54. The highest BCUT2D eigenvalue weighted by atomic mass is 32.2. The van der Waals surface area contributed by atoms with Gasteiger partial charge in [-0.15, -0.1) is 16.9 Å². The van der Waals surface area contributed by atoms with Crippen LogP contribution in [0.2, 0.25) is 0 Å². The molecule has 0 radical (unpaired) electrons. The first-order valence-electron chi connectivity index (χ1n) is 11.8. The number of thioether (sulfide) groups is 1. The van der Waals surface area contributed by atoms with Gasteiger partial charge in [-0.25, -0.2) is 4.68 Å². The molecule has 1 aromatic heterocycles. The normalized spacial score (nSPS) is 31.8. The SMILES string of the molecule is CCOC(=O)[C@@H]1[C@H]2C(=O)N(CCCO)C(C(=O)NCn3nnc4ccccc43)C23S[C@@H]1CC3C. The lowest BCUT2D eigenvalue weighted by Gasteiger charge is -2.38. The van der Waals surface area contributed by atoms with Crippen LogP contribution in [0, 0.1) is 17.8 Å². The van der Waals surface area contributed by atoms with Crippen LogP contribution >= 0.6 is 11.8 Å². The minimum atomic E-state index is -0.740. The van der Waals surface area contributed by atoms with Gasteiger partial charge in [0.25, 0.3) is 0 Å². The summed E-state index contributed by atoms with van der Waals surface area (Å²) >= 11 is 1.60. The molecule has 2 aromatic rings. The van der Waals surface area contributed by atoms with Crippen molar-refractivity contribution < 1.29 is 24.2 Å². The monoisotopic (exact) mass is 487 g/mol. The zero-order valence-corrected chi connectivity index (χ0v) is 20.0. The van der Waals surface area contributed by atoms with Gasteiger partial charge >= 0.3 is 5.97 Å². The molecule has 2 bridgehead atoms. The van der Waals surface area contributed by atoms with Gasteiger partial charge in [-0.2, -0.15) is 0 Å². The first-order valence-corrected chi connectivity index (χ1v) is 12.6. The number of para-hydroxylation sites is 1. The Bertz CT molecular complexity index is 1120. The number of esters is 1. The summed E-state index contributed by atoms with van der Waals surface area (Å²) in [6.07, 6.45) is 1.11. The summed E-state index contributed by atoms with van der Waals surface area (Å²) < 4.78 is 6.24. The van der Waals surface area contributed by atoms with Crippen molar-refractivity contribution in [2.75, 3.05) is 19.8 Å². The van der Waals surface area contributed by atoms with Crippen LogP contribution in [0.15, 0.2) is 24.3 Å². The van der Waals surface area contributed by atoms with E-state index >= 15 is 0 Å². The molecule has 1 aromatic carbocycles. The van der Waals surface area contributed by atoms with Gasteiger partial charge in [0.05, 0.1) is 28.7 Å². The number of amides is 2. The maximum absolute atomic E-state index is 13.7. The number of aliphatic hydroxyl groups excluding tert-OH is 1. The fourth-order valence-electron chi connectivity index (χ4n) is 6.09. The third-order valence-electron chi connectivity index (χ3n) is 7.43. The molecule has 0 saturated carbocycles. The molecule has 6 atom stereocenters. The summed E-state index contributed by atoms with van der Waals surface area (Å²) in [7, 11) is 0. The summed E-state index contributed by atoms with van der Waals surface area (Å²) in [5, 5.41) is 20.6. The van der Waals surface area contributed by atoms with Gasteiger partial charge in [0.2, 0.25) is 11.8 Å². The maximum Gasteiger partial charge on any atom is 0.310 e. The highest BCUT2D eigenvalue weighted by Gasteiger charge is 2.76. The number of nitrogens with zero attached hydrogens (tertiary/aromatic N) is 4. The van der Waals surface area contributed by atoms with Crippen LogP contribution in [-0.4, -0.2) is 78.6 Å². The van der Waals surface area contributed by atoms with Gasteiger partial charge in [0.1, 0.15) is 18.2 Å². The van der Waals surface area contributed by atoms with E-state index in [9.17, 15) is 19.5 Å². The van der Waals surface area contributed by atoms with Crippen molar-refractivity contribution >= 4 is 40.6 Å². The van der Waals surface area contributed by atoms with E-state index in [1.807, 2.05) is 24.3 Å². The molecule has 3 aliphatic rings. The zero-order valence-electron chi connectivity index (χ0n) is 19.2. The highest BCUT2D eigenvalue weighted by molar-refractivity contribution is 8.02. The fraction of sp³-hybridized carbons (Fsp3) is 0.609. The van der Waals surface area contributed by atoms with Crippen LogP contribution in [-0.2, 0) is 25.8 Å². The van der Waals surface area contributed by atoms with Gasteiger partial charge in [-0.3, -0.25) is 14.4 Å². The second-order valence-corrected chi connectivity index (χ2v) is 10.7. The highest BCUT2D eigenvalue weighted by Crippen LogP contribution is 2.68. The van der Waals surface area contributed by atoms with Crippen molar-refractivity contribution in [3.05, 3.63) is 24.3 Å². The molecular weight excluding hydrogens is 458 g/mol. The van der Waals surface area contributed by atoms with Gasteiger partial charge < -0.3 is 20.1 Å². The summed E-state index contributed by atoms with van der Waals surface area (Å²) in [5.74, 6) is -1.92. The van der Waals surface area contributed by atoms with Crippen molar-refractivity contribution in [3.63, 3.8) is 0 Å². The molecule has 3 fully saturated rings. The third kappa shape index (κ3) is 3.31. The Morgan fingerprint density at radius 3 is 2.91 bits per heavy atom. The average molecular weight is 488 g/mol. The van der Waals surface area contributed by atoms with Crippen LogP contribution in [0.25, 0.3) is 11.0 Å². The van der Waals surface area contributed by atoms with Gasteiger partial charge in [-0.05, 0) is 37.8 Å². The van der Waals surface area contributed by atoms with E-state index in [0.29, 0.717) is 6.42 Å². The minimum Gasteiger partial charge on any atom is -0.466 e. The Morgan fingerprint density at radius 2 is 2.15 bits per heavy atom. The second kappa shape index (κ2) is 8.84. The van der Waals surface area contributed by atoms with E-state index in [0.717, 1.165) is 17.5 Å². The number of aromatic nitrogens is 3. The lowest BCUT2D eigenvalue weighted by Crippen LogP contribution is -2.56. The number of carbonyl (C=O) groups is 3. The Balaban J connectivity index is 1.45. The molecule has 182 valence electrons. The van der Waals surface area contributed by atoms with Crippen LogP contribution in [0.3, 0.4) is 0 Å². The minimum absolute atomic E-state index is 0.0439. The molecule has 3 unspecified atom stereocenters. The number of hydrogen-bond donors (Lipinski definition) is 2. The molecule has 3 saturated heterocycles. The van der Waals surface area contributed by atoms with Gasteiger partial charge in [-0.1, -0.05) is 24.3 Å². The van der Waals surface area contributed by atoms with E-state index in [1.54, 1.807) is 28.3 Å². The third-order valence-corrected chi connectivity index (χ3v) is 9.51. The predicted octanol–water partition coefficient (Wildman–Crippen LogP) is 0.788. The number of likely N-dealkylation sites (tertiary alicyclic amines) is 1. The van der Waals surface area contributed by atoms with Crippen LogP contribution in [0.1, 0.15) is 26.7 Å². The standard InChI is InChI=1S/C23H29N5O5S/c1-3-33-22(32)17-16-11-13(2)23(34-16)18(17)21(31)27(9-6-10-29)19(23)20(30)24-12-28-15-8-5-4-7-14(15)25-26-28/h4-5,7-8,13,16-19,29H,3,6,9-12H2,1-2H3,(H,24,30)/t13?,16-,17+,18+,19?,23?/m1/s1. The molecular formula is C23H29N5O5S. The number of fused-ring (bicyclic) bond motifs is 2. The maximum atomic E-state index is 13.7. The van der Waals surface area contributed by atoms with Crippen LogP contribution in [0.5, 0.6) is 0 Å². The van der Waals surface area contributed by atoms with E-state index < -0.39 is 22.6 Å². The molecule has 4 heterocycles. The fourth-order valence-corrected chi connectivity index (χ4v) is 8.50. The van der Waals surface area contributed by atoms with Gasteiger partial charge in [0, 0.05) is 18.4 Å². The van der Waals surface area contributed by atoms with E-state index in [4.69, 9.17) is 4.74 Å². The first-order chi connectivity index (χ1) is 16.4. The lowest BCUT2D eigenvalue weighted by molar-refractivity contribution is -0.154. The smallest absolute Gasteiger partial charge is 0.310 e. The Hall–Kier alpha value is -2.66. The topological polar surface area (TPSA) is 127 Å². The molecule has 5 rings (SSSR count). The molecule has 11 heteroatoms. The molecule has 2 amide bonds. The van der Waals surface area contributed by atoms with Crippen molar-refractivity contribution in [1.82, 2.24) is 25.2 Å². The zero-order chi connectivity index (χ0) is 24.0. The Kier molecular flexibility index (Phi) is 6.01. The molecule has 34 heavy (non-hydrogen) atoms. The number of benzene rings is 1. The van der Waals surface area contributed by atoms with Crippen molar-refractivity contribution in [1.29, 1.82) is 0 Å². The number of hydrogen-bond acceptors (Lipinski definition) is 8. The van der Waals surface area contributed by atoms with E-state index in [1.165, 1.54) is 0 Å². The van der Waals surface area contributed by atoms with E-state index in [2.05, 4.69) is 22.6 Å². The Labute approximate surface area is 201 Å². The van der Waals surface area contributed by atoms with E-state index in [-0.39, 0.29) is 55.4 Å². The largest absolute Gasteiger partial charge is 0.466 e. The number of carbonyl (C=O) groups excluding carboxylic acids is 3.